The van der Waals surface area contributed by atoms with E-state index in [1.807, 2.05) is 0 Å². The van der Waals surface area contributed by atoms with E-state index in [0.717, 1.165) is 0 Å². The molecule has 0 bridgehead atoms. The monoisotopic (exact) mass is 257 g/mol. The van der Waals surface area contributed by atoms with Crippen LogP contribution in [0.1, 0.15) is 42.0 Å². The van der Waals surface area contributed by atoms with Crippen molar-refractivity contribution in [3.8, 4) is 0 Å². The van der Waals surface area contributed by atoms with Crippen LogP contribution in [0.15, 0.2) is 0 Å². The maximum Gasteiger partial charge on any atom is 0.461 e. The van der Waals surface area contributed by atoms with Crippen LogP contribution in [-0.2, 0) is 9.59 Å². The van der Waals surface area contributed by atoms with Crippen LogP contribution >= 0.6 is 0 Å². The number of carbonyl (C=O) groups is 2. The van der Waals surface area contributed by atoms with Gasteiger partial charge in [0.25, 0.3) is 0 Å². The molecule has 0 fully saturated rings. The summed E-state index contributed by atoms with van der Waals surface area (Å²) in [4.78, 5) is 23.7. The Hall–Kier alpha value is -1.01. The number of halogens is 5. The molecule has 0 N–H and O–H groups in total. The van der Waals surface area contributed by atoms with Gasteiger partial charge in [0.15, 0.2) is 0 Å². The number of ketones is 2. The lowest BCUT2D eigenvalue weighted by Crippen LogP contribution is -2.45. The number of carbonyl (C=O) groups excluding carboxylic acids is 2. The first-order valence-corrected chi connectivity index (χ1v) is 3.35. The van der Waals surface area contributed by atoms with Gasteiger partial charge in [0.1, 0.15) is 5.78 Å². The molecule has 16 heavy (non-hydrogen) atoms. The van der Waals surface area contributed by atoms with Gasteiger partial charge in [-0.3, -0.25) is 9.59 Å². The molecule has 0 aliphatic rings. The molecule has 0 saturated heterocycles. The van der Waals surface area contributed by atoms with Crippen molar-refractivity contribution in [3.05, 3.63) is 0 Å². The van der Waals surface area contributed by atoms with E-state index in [1.165, 1.54) is 0 Å². The minimum Gasteiger partial charge on any atom is -0.299 e. The molecule has 0 saturated carbocycles. The number of Topliss-reactive ketones (excluding diaryl/α,β-unsaturated/α-hetero) is 2. The zero-order chi connectivity index (χ0) is 22.7. The fraction of sp³-hybridized carbons (Fsp3) is 0.778. The average Bonchev–Trinajstić information content (AvgIpc) is 2.30. The van der Waals surface area contributed by atoms with E-state index in [-0.39, 0.29) is 0 Å². The second-order valence-corrected chi connectivity index (χ2v) is 2.61. The molecule has 0 heterocycles. The van der Waals surface area contributed by atoms with Crippen LogP contribution < -0.4 is 0 Å². The van der Waals surface area contributed by atoms with Gasteiger partial charge >= 0.3 is 12.1 Å². The summed E-state index contributed by atoms with van der Waals surface area (Å²) in [5, 5.41) is 0. The highest BCUT2D eigenvalue weighted by molar-refractivity contribution is 6.04. The quantitative estimate of drug-likeness (QED) is 0.575. The Morgan fingerprint density at radius 3 is 1.81 bits per heavy atom. The molecule has 0 aromatic carbocycles. The number of hydrogen-bond donors (Lipinski definition) is 0. The molecule has 0 atom stereocenters. The molecule has 0 aromatic rings. The summed E-state index contributed by atoms with van der Waals surface area (Å²) < 4.78 is 141. The summed E-state index contributed by atoms with van der Waals surface area (Å²) in [5.41, 5.74) is -4.76. The Morgan fingerprint density at radius 1 is 1.06 bits per heavy atom. The van der Waals surface area contributed by atoms with Crippen LogP contribution in [0.25, 0.3) is 0 Å². The molecule has 2 nitrogen and oxygen atoms in total. The summed E-state index contributed by atoms with van der Waals surface area (Å²) in [6, 6.07) is 0. The van der Waals surface area contributed by atoms with E-state index in [2.05, 4.69) is 0 Å². The fourth-order valence-electron chi connectivity index (χ4n) is 0.404. The van der Waals surface area contributed by atoms with Gasteiger partial charge in [-0.05, 0) is 0 Å². The van der Waals surface area contributed by atoms with Gasteiger partial charge in [0, 0.05) is 20.5 Å². The molecule has 0 spiro atoms. The molecule has 0 aromatic heterocycles. The summed E-state index contributed by atoms with van der Waals surface area (Å²) >= 11 is 0. The Morgan fingerprint density at radius 2 is 1.50 bits per heavy atom. The average molecular weight is 257 g/mol. The lowest BCUT2D eigenvalue weighted by atomic mass is 9.87. The van der Waals surface area contributed by atoms with Gasteiger partial charge in [0.05, 0.1) is 6.37 Å². The first kappa shape index (κ1) is 4.70. The van der Waals surface area contributed by atoms with E-state index in [0.29, 0.717) is 0 Å². The highest BCUT2D eigenvalue weighted by Gasteiger charge is 2.63. The SMILES string of the molecule is [2H]C([2H])(C(=O)C(F)(F)C(F)(F)F)C(=O)C(C([2H])([2H])[2H])(C([2H])([2H])[2H])C([2H])([2H])[2H]. The minimum atomic E-state index is -6.72. The Balaban J connectivity index is 6.94. The minimum absolute atomic E-state index is 3.26. The predicted molar refractivity (Wildman–Crippen MR) is 45.1 cm³/mol. The fourth-order valence-corrected chi connectivity index (χ4v) is 0.404. The Bertz CT molecular complexity index is 578. The zero-order valence-corrected chi connectivity index (χ0v) is 7.21. The molecule has 0 aliphatic carbocycles. The van der Waals surface area contributed by atoms with Crippen LogP contribution in [0.3, 0.4) is 0 Å². The second kappa shape index (κ2) is 4.10. The predicted octanol–water partition coefficient (Wildman–Crippen LogP) is 2.76. The van der Waals surface area contributed by atoms with Crippen molar-refractivity contribution in [2.24, 2.45) is 5.41 Å². The van der Waals surface area contributed by atoms with Crippen LogP contribution in [0.5, 0.6) is 0 Å². The number of rotatable bonds is 3. The van der Waals surface area contributed by atoms with Crippen molar-refractivity contribution in [1.29, 1.82) is 0 Å². The van der Waals surface area contributed by atoms with Crippen LogP contribution in [-0.4, -0.2) is 23.7 Å². The Labute approximate surface area is 104 Å². The largest absolute Gasteiger partial charge is 0.461 e. The molecule has 7 heteroatoms. The molecule has 0 radical (unpaired) electrons. The third-order valence-electron chi connectivity index (χ3n) is 1.21. The first-order valence-electron chi connectivity index (χ1n) is 8.85. The van der Waals surface area contributed by atoms with Crippen molar-refractivity contribution in [3.63, 3.8) is 0 Å². The van der Waals surface area contributed by atoms with Crippen LogP contribution in [0, 0.1) is 5.41 Å². The number of alkyl halides is 5. The first-order chi connectivity index (χ1) is 11.3. The van der Waals surface area contributed by atoms with Gasteiger partial charge in [-0.1, -0.05) is 20.6 Å². The van der Waals surface area contributed by atoms with E-state index in [1.54, 1.807) is 0 Å². The van der Waals surface area contributed by atoms with E-state index < -0.39 is 56.0 Å². The van der Waals surface area contributed by atoms with Gasteiger partial charge in [-0.25, -0.2) is 0 Å². The number of hydrogen-bond acceptors (Lipinski definition) is 2. The summed E-state index contributed by atoms with van der Waals surface area (Å²) in [6.07, 6.45) is -11.8. The third kappa shape index (κ3) is 3.24. The van der Waals surface area contributed by atoms with Gasteiger partial charge < -0.3 is 0 Å². The molecular weight excluding hydrogens is 235 g/mol. The lowest BCUT2D eigenvalue weighted by Gasteiger charge is -2.20. The molecule has 0 rings (SSSR count). The molecule has 0 amide bonds. The van der Waals surface area contributed by atoms with Crippen molar-refractivity contribution in [2.45, 2.75) is 39.0 Å². The summed E-state index contributed by atoms with van der Waals surface area (Å²) in [5.74, 6) is -13.6. The van der Waals surface area contributed by atoms with Crippen molar-refractivity contribution < 1.29 is 46.6 Å². The topological polar surface area (TPSA) is 34.1 Å². The van der Waals surface area contributed by atoms with E-state index in [4.69, 9.17) is 15.1 Å². The standard InChI is InChI=1S/C9H11F5O2/c1-7(2,3)5(15)4-6(16)8(10,11)9(12,13)14/h4H2,1-3H3/i1D3,2D3,3D3,4D2. The lowest BCUT2D eigenvalue weighted by molar-refractivity contribution is -0.268. The van der Waals surface area contributed by atoms with Gasteiger partial charge in [0.2, 0.25) is 5.78 Å². The molecular formula is C9H11F5O2. The van der Waals surface area contributed by atoms with Crippen LogP contribution in [0.2, 0.25) is 0 Å². The van der Waals surface area contributed by atoms with Crippen LogP contribution in [0.4, 0.5) is 22.0 Å². The molecule has 0 unspecified atom stereocenters. The highest BCUT2D eigenvalue weighted by Crippen LogP contribution is 2.37. The van der Waals surface area contributed by atoms with Crippen molar-refractivity contribution in [2.75, 3.05) is 0 Å². The molecule has 0 aliphatic heterocycles. The zero-order valence-electron chi connectivity index (χ0n) is 18.2. The maximum atomic E-state index is 13.2. The molecule has 94 valence electrons. The smallest absolute Gasteiger partial charge is 0.299 e. The van der Waals surface area contributed by atoms with E-state index >= 15 is 0 Å². The third-order valence-corrected chi connectivity index (χ3v) is 1.21. The normalized spacial score (nSPS) is 27.2. The maximum absolute atomic E-state index is 13.2. The van der Waals surface area contributed by atoms with Crippen molar-refractivity contribution in [1.82, 2.24) is 0 Å². The van der Waals surface area contributed by atoms with Gasteiger partial charge in [-0.15, -0.1) is 0 Å². The second-order valence-electron chi connectivity index (χ2n) is 2.61. The Kier molecular flexibility index (Phi) is 1.20. The van der Waals surface area contributed by atoms with Crippen molar-refractivity contribution >= 4 is 11.6 Å². The summed E-state index contributed by atoms with van der Waals surface area (Å²) in [6.45, 7) is -13.3. The highest BCUT2D eigenvalue weighted by atomic mass is 19.4. The van der Waals surface area contributed by atoms with E-state index in [9.17, 15) is 31.5 Å². The van der Waals surface area contributed by atoms with Gasteiger partial charge in [-0.2, -0.15) is 22.0 Å². The summed E-state index contributed by atoms with van der Waals surface area (Å²) in [7, 11) is 0.